The molecule has 1 atom stereocenters. The Morgan fingerprint density at radius 2 is 2.17 bits per heavy atom. The van der Waals surface area contributed by atoms with Gasteiger partial charge in [0.05, 0.1) is 11.4 Å². The van der Waals surface area contributed by atoms with Crippen LogP contribution in [0.2, 0.25) is 0 Å². The summed E-state index contributed by atoms with van der Waals surface area (Å²) in [4.78, 5) is 14.1. The molecule has 0 spiro atoms. The van der Waals surface area contributed by atoms with Crippen LogP contribution >= 0.6 is 0 Å². The molecule has 122 valence electrons. The van der Waals surface area contributed by atoms with Gasteiger partial charge >= 0.3 is 0 Å². The lowest BCUT2D eigenvalue weighted by molar-refractivity contribution is 0.0938. The summed E-state index contributed by atoms with van der Waals surface area (Å²) in [6.45, 7) is 4.46. The smallest absolute Gasteiger partial charge is 0.257 e. The van der Waals surface area contributed by atoms with Gasteiger partial charge in [0, 0.05) is 25.2 Å². The molecule has 0 bridgehead atoms. The van der Waals surface area contributed by atoms with Crippen molar-refractivity contribution in [1.29, 1.82) is 0 Å². The van der Waals surface area contributed by atoms with Gasteiger partial charge in [-0.2, -0.15) is 0 Å². The van der Waals surface area contributed by atoms with E-state index in [1.807, 2.05) is 0 Å². The van der Waals surface area contributed by atoms with Crippen molar-refractivity contribution in [2.45, 2.75) is 26.3 Å². The standard InChI is InChI=1S/C16H17F2N3O2/c1-9-15(10(2)23-20-9)16(22)19-12-5-6-21(8-12)14-4-3-11(17)7-13(14)18/h3-4,7,12H,5-6,8H2,1-2H3,(H,19,22)/t12-/m0/s1. The molecule has 23 heavy (non-hydrogen) atoms. The average molecular weight is 321 g/mol. The minimum Gasteiger partial charge on any atom is -0.367 e. The first-order valence-electron chi connectivity index (χ1n) is 7.39. The Kier molecular flexibility index (Phi) is 4.02. The van der Waals surface area contributed by atoms with Crippen LogP contribution < -0.4 is 10.2 Å². The van der Waals surface area contributed by atoms with Gasteiger partial charge in [-0.1, -0.05) is 5.16 Å². The van der Waals surface area contributed by atoms with Gasteiger partial charge < -0.3 is 14.7 Å². The van der Waals surface area contributed by atoms with Crippen LogP contribution in [0.1, 0.15) is 28.2 Å². The number of aromatic nitrogens is 1. The van der Waals surface area contributed by atoms with E-state index in [0.717, 1.165) is 6.07 Å². The number of nitrogens with one attached hydrogen (secondary N) is 1. The lowest BCUT2D eigenvalue weighted by atomic mass is 10.1. The molecule has 2 aromatic rings. The highest BCUT2D eigenvalue weighted by Crippen LogP contribution is 2.24. The Hall–Kier alpha value is -2.44. The van der Waals surface area contributed by atoms with Crippen LogP contribution in [0, 0.1) is 25.5 Å². The van der Waals surface area contributed by atoms with Crippen molar-refractivity contribution >= 4 is 11.6 Å². The summed E-state index contributed by atoms with van der Waals surface area (Å²) in [6.07, 6.45) is 0.686. The Bertz CT molecular complexity index is 725. The molecule has 7 heteroatoms. The number of amides is 1. The SMILES string of the molecule is Cc1noc(C)c1C(=O)N[C@H]1CCN(c2ccc(F)cc2F)C1. The summed E-state index contributed by atoms with van der Waals surface area (Å²) >= 11 is 0. The summed E-state index contributed by atoms with van der Waals surface area (Å²) in [5.74, 6) is -0.969. The number of carbonyl (C=O) groups excluding carboxylic acids is 1. The molecule has 1 aromatic carbocycles. The molecule has 1 aliphatic heterocycles. The van der Waals surface area contributed by atoms with Crippen molar-refractivity contribution in [2.24, 2.45) is 0 Å². The van der Waals surface area contributed by atoms with Gasteiger partial charge in [0.15, 0.2) is 0 Å². The molecule has 0 aliphatic carbocycles. The van der Waals surface area contributed by atoms with Crippen molar-refractivity contribution in [1.82, 2.24) is 10.5 Å². The van der Waals surface area contributed by atoms with Crippen LogP contribution in [0.25, 0.3) is 0 Å². The Labute approximate surface area is 132 Å². The van der Waals surface area contributed by atoms with Gasteiger partial charge in [0.2, 0.25) is 0 Å². The quantitative estimate of drug-likeness (QED) is 0.944. The molecule has 0 radical (unpaired) electrons. The summed E-state index contributed by atoms with van der Waals surface area (Å²) in [5, 5.41) is 6.68. The Morgan fingerprint density at radius 1 is 1.39 bits per heavy atom. The molecular formula is C16H17F2N3O2. The monoisotopic (exact) mass is 321 g/mol. The number of rotatable bonds is 3. The highest BCUT2D eigenvalue weighted by atomic mass is 19.1. The number of anilines is 1. The van der Waals surface area contributed by atoms with Crippen LogP contribution in [0.3, 0.4) is 0 Å². The van der Waals surface area contributed by atoms with E-state index in [-0.39, 0.29) is 11.9 Å². The van der Waals surface area contributed by atoms with E-state index in [9.17, 15) is 13.6 Å². The van der Waals surface area contributed by atoms with E-state index in [4.69, 9.17) is 4.52 Å². The predicted molar refractivity (Wildman–Crippen MR) is 80.4 cm³/mol. The van der Waals surface area contributed by atoms with Gasteiger partial charge in [-0.25, -0.2) is 8.78 Å². The van der Waals surface area contributed by atoms with Gasteiger partial charge in [0.1, 0.15) is 23.0 Å². The summed E-state index contributed by atoms with van der Waals surface area (Å²) in [6, 6.07) is 3.41. The van der Waals surface area contributed by atoms with E-state index < -0.39 is 11.6 Å². The number of aryl methyl sites for hydroxylation is 2. The summed E-state index contributed by atoms with van der Waals surface area (Å²) in [5.41, 5.74) is 1.33. The van der Waals surface area contributed by atoms with Crippen LogP contribution in [0.5, 0.6) is 0 Å². The average Bonchev–Trinajstić information content (AvgIpc) is 3.06. The van der Waals surface area contributed by atoms with E-state index in [1.165, 1.54) is 12.1 Å². The molecule has 3 rings (SSSR count). The molecule has 0 saturated carbocycles. The topological polar surface area (TPSA) is 58.4 Å². The third-order valence-electron chi connectivity index (χ3n) is 4.03. The molecule has 1 amide bonds. The molecule has 0 unspecified atom stereocenters. The molecule has 1 aliphatic rings. The van der Waals surface area contributed by atoms with E-state index in [2.05, 4.69) is 10.5 Å². The number of halogens is 2. The third-order valence-corrected chi connectivity index (χ3v) is 4.03. The minimum absolute atomic E-state index is 0.111. The van der Waals surface area contributed by atoms with Crippen molar-refractivity contribution in [3.05, 3.63) is 46.9 Å². The van der Waals surface area contributed by atoms with Gasteiger partial charge in [-0.3, -0.25) is 4.79 Å². The maximum Gasteiger partial charge on any atom is 0.257 e. The predicted octanol–water partition coefficient (Wildman–Crippen LogP) is 2.58. The van der Waals surface area contributed by atoms with Crippen molar-refractivity contribution in [3.63, 3.8) is 0 Å². The number of carbonyl (C=O) groups is 1. The minimum atomic E-state index is -0.603. The van der Waals surface area contributed by atoms with E-state index in [1.54, 1.807) is 18.7 Å². The second kappa shape index (κ2) is 5.98. The fourth-order valence-corrected chi connectivity index (χ4v) is 2.90. The Balaban J connectivity index is 1.67. The fourth-order valence-electron chi connectivity index (χ4n) is 2.90. The maximum absolute atomic E-state index is 13.8. The molecule has 5 nitrogen and oxygen atoms in total. The maximum atomic E-state index is 13.8. The molecule has 1 fully saturated rings. The van der Waals surface area contributed by atoms with Crippen LogP contribution in [0.15, 0.2) is 22.7 Å². The summed E-state index contributed by atoms with van der Waals surface area (Å²) < 4.78 is 31.8. The lowest BCUT2D eigenvalue weighted by Gasteiger charge is -2.19. The first-order chi connectivity index (χ1) is 11.0. The lowest BCUT2D eigenvalue weighted by Crippen LogP contribution is -2.37. The zero-order chi connectivity index (χ0) is 16.6. The fraction of sp³-hybridized carbons (Fsp3) is 0.375. The number of hydrogen-bond donors (Lipinski definition) is 1. The van der Waals surface area contributed by atoms with Crippen LogP contribution in [-0.2, 0) is 0 Å². The van der Waals surface area contributed by atoms with E-state index >= 15 is 0 Å². The van der Waals surface area contributed by atoms with Crippen molar-refractivity contribution in [2.75, 3.05) is 18.0 Å². The third kappa shape index (κ3) is 3.04. The number of hydrogen-bond acceptors (Lipinski definition) is 4. The molecule has 1 saturated heterocycles. The first-order valence-corrected chi connectivity index (χ1v) is 7.39. The first kappa shape index (κ1) is 15.5. The second-order valence-electron chi connectivity index (χ2n) is 5.70. The molecular weight excluding hydrogens is 304 g/mol. The zero-order valence-corrected chi connectivity index (χ0v) is 12.9. The van der Waals surface area contributed by atoms with E-state index in [0.29, 0.717) is 42.2 Å². The molecule has 2 heterocycles. The normalized spacial score (nSPS) is 17.6. The van der Waals surface area contributed by atoms with Crippen molar-refractivity contribution in [3.8, 4) is 0 Å². The van der Waals surface area contributed by atoms with Gasteiger partial charge in [0.25, 0.3) is 5.91 Å². The van der Waals surface area contributed by atoms with Crippen LogP contribution in [0.4, 0.5) is 14.5 Å². The largest absolute Gasteiger partial charge is 0.367 e. The second-order valence-corrected chi connectivity index (χ2v) is 5.70. The highest BCUT2D eigenvalue weighted by Gasteiger charge is 2.27. The summed E-state index contributed by atoms with van der Waals surface area (Å²) in [7, 11) is 0. The number of benzene rings is 1. The number of nitrogens with zero attached hydrogens (tertiary/aromatic N) is 2. The van der Waals surface area contributed by atoms with Gasteiger partial charge in [-0.15, -0.1) is 0 Å². The van der Waals surface area contributed by atoms with Gasteiger partial charge in [-0.05, 0) is 32.4 Å². The van der Waals surface area contributed by atoms with Crippen molar-refractivity contribution < 1.29 is 18.1 Å². The molecule has 1 N–H and O–H groups in total. The molecule has 1 aromatic heterocycles. The Morgan fingerprint density at radius 3 is 2.83 bits per heavy atom. The van der Waals surface area contributed by atoms with Crippen LogP contribution in [-0.4, -0.2) is 30.2 Å². The zero-order valence-electron chi connectivity index (χ0n) is 12.9. The highest BCUT2D eigenvalue weighted by molar-refractivity contribution is 5.96.